The van der Waals surface area contributed by atoms with Crippen molar-refractivity contribution in [2.24, 2.45) is 7.05 Å². The molecule has 168 valence electrons. The predicted molar refractivity (Wildman–Crippen MR) is 128 cm³/mol. The summed E-state index contributed by atoms with van der Waals surface area (Å²) in [6, 6.07) is 15.0. The Bertz CT molecular complexity index is 1370. The summed E-state index contributed by atoms with van der Waals surface area (Å²) in [5, 5.41) is 27.1. The molecule has 3 heterocycles. The van der Waals surface area contributed by atoms with E-state index in [0.29, 0.717) is 17.3 Å². The lowest BCUT2D eigenvalue weighted by Gasteiger charge is -2.32. The van der Waals surface area contributed by atoms with Crippen LogP contribution in [-0.2, 0) is 7.05 Å². The number of aryl methyl sites for hydroxylation is 1. The Hall–Kier alpha value is -3.83. The highest BCUT2D eigenvalue weighted by Crippen LogP contribution is 2.34. The van der Waals surface area contributed by atoms with E-state index in [1.165, 1.54) is 12.1 Å². The number of nitrogens with one attached hydrogen (secondary N) is 1. The van der Waals surface area contributed by atoms with Gasteiger partial charge < -0.3 is 10.2 Å². The standard InChI is InChI=1S/C25H24FN7.H2/c1-28-20-7-9-33(10-8-20)24-13-21(16-3-4-18(14-27)22(26)12-16)25(30-29-24)17-5-6-23-19(11-17)15-32(2)31-23;/h3-6,11-13,15,20,28H,7-10H2,1-2H3;1H. The normalized spacial score (nSPS) is 14.5. The minimum atomic E-state index is -0.545. The van der Waals surface area contributed by atoms with Crippen molar-refractivity contribution < 1.29 is 5.82 Å². The van der Waals surface area contributed by atoms with E-state index in [0.717, 1.165) is 53.8 Å². The Labute approximate surface area is 193 Å². The van der Waals surface area contributed by atoms with Gasteiger partial charge in [0.1, 0.15) is 17.6 Å². The van der Waals surface area contributed by atoms with Gasteiger partial charge in [-0.05, 0) is 55.8 Å². The highest BCUT2D eigenvalue weighted by atomic mass is 19.1. The van der Waals surface area contributed by atoms with Gasteiger partial charge in [-0.2, -0.15) is 10.4 Å². The molecule has 0 bridgehead atoms. The molecule has 0 spiro atoms. The van der Waals surface area contributed by atoms with Gasteiger partial charge in [-0.1, -0.05) is 12.1 Å². The number of benzene rings is 2. The third-order valence-corrected chi connectivity index (χ3v) is 6.30. The Morgan fingerprint density at radius 1 is 1.09 bits per heavy atom. The van der Waals surface area contributed by atoms with Crippen LogP contribution in [0, 0.1) is 17.1 Å². The molecule has 0 aliphatic carbocycles. The van der Waals surface area contributed by atoms with Crippen LogP contribution in [0.25, 0.3) is 33.3 Å². The van der Waals surface area contributed by atoms with Gasteiger partial charge >= 0.3 is 0 Å². The predicted octanol–water partition coefficient (Wildman–Crippen LogP) is 4.14. The molecule has 8 heteroatoms. The van der Waals surface area contributed by atoms with Gasteiger partial charge in [0.05, 0.1) is 11.1 Å². The number of halogens is 1. The zero-order chi connectivity index (χ0) is 22.9. The molecule has 7 nitrogen and oxygen atoms in total. The Balaban J connectivity index is 0.00000274. The smallest absolute Gasteiger partial charge is 0.151 e. The van der Waals surface area contributed by atoms with Gasteiger partial charge in [0.2, 0.25) is 0 Å². The van der Waals surface area contributed by atoms with Gasteiger partial charge in [-0.25, -0.2) is 4.39 Å². The maximum atomic E-state index is 14.5. The second-order valence-electron chi connectivity index (χ2n) is 8.40. The van der Waals surface area contributed by atoms with Crippen molar-refractivity contribution in [3.05, 3.63) is 60.0 Å². The first-order chi connectivity index (χ1) is 16.1. The first-order valence-electron chi connectivity index (χ1n) is 11.0. The number of hydrogen-bond acceptors (Lipinski definition) is 6. The summed E-state index contributed by atoms with van der Waals surface area (Å²) in [5.74, 6) is 0.229. The first-order valence-corrected chi connectivity index (χ1v) is 11.0. The second kappa shape index (κ2) is 8.60. The van der Waals surface area contributed by atoms with Gasteiger partial charge in [0.25, 0.3) is 0 Å². The molecular formula is C25H26FN7. The molecule has 0 unspecified atom stereocenters. The van der Waals surface area contributed by atoms with Gasteiger partial charge in [-0.15, -0.1) is 10.2 Å². The van der Waals surface area contributed by atoms with Crippen molar-refractivity contribution in [3.63, 3.8) is 0 Å². The SMILES string of the molecule is CNC1CCN(c2cc(-c3ccc(C#N)c(F)c3)c(-c3ccc4nn(C)cc4c3)nn2)CC1.[HH]. The number of anilines is 1. The van der Waals surface area contributed by atoms with E-state index in [1.807, 2.05) is 50.6 Å². The van der Waals surface area contributed by atoms with Crippen LogP contribution in [0.5, 0.6) is 0 Å². The Kier molecular flexibility index (Phi) is 5.48. The monoisotopic (exact) mass is 443 g/mol. The van der Waals surface area contributed by atoms with Crippen LogP contribution >= 0.6 is 0 Å². The van der Waals surface area contributed by atoms with Gasteiger partial charge in [-0.3, -0.25) is 4.68 Å². The molecule has 0 saturated carbocycles. The minimum absolute atomic E-state index is 0. The third-order valence-electron chi connectivity index (χ3n) is 6.30. The molecule has 2 aromatic carbocycles. The van der Waals surface area contributed by atoms with E-state index in [2.05, 4.69) is 25.5 Å². The van der Waals surface area contributed by atoms with Crippen LogP contribution in [0.3, 0.4) is 0 Å². The molecule has 1 fully saturated rings. The first kappa shape index (κ1) is 21.0. The molecule has 1 N–H and O–H groups in total. The highest BCUT2D eigenvalue weighted by Gasteiger charge is 2.21. The molecule has 5 rings (SSSR count). The molecular weight excluding hydrogens is 417 g/mol. The van der Waals surface area contributed by atoms with Gasteiger partial charge in [0, 0.05) is 50.3 Å². The van der Waals surface area contributed by atoms with Crippen molar-refractivity contribution >= 4 is 16.7 Å². The van der Waals surface area contributed by atoms with E-state index in [-0.39, 0.29) is 6.99 Å². The van der Waals surface area contributed by atoms with Crippen molar-refractivity contribution in [3.8, 4) is 28.5 Å². The quantitative estimate of drug-likeness (QED) is 0.510. The number of hydrogen-bond donors (Lipinski definition) is 1. The van der Waals surface area contributed by atoms with Crippen LogP contribution < -0.4 is 10.2 Å². The summed E-state index contributed by atoms with van der Waals surface area (Å²) < 4.78 is 16.3. The van der Waals surface area contributed by atoms with Crippen LogP contribution in [0.2, 0.25) is 0 Å². The topological polar surface area (TPSA) is 82.7 Å². The van der Waals surface area contributed by atoms with E-state index < -0.39 is 5.82 Å². The fourth-order valence-corrected chi connectivity index (χ4v) is 4.44. The lowest BCUT2D eigenvalue weighted by Crippen LogP contribution is -2.41. The zero-order valence-electron chi connectivity index (χ0n) is 18.6. The Morgan fingerprint density at radius 2 is 1.88 bits per heavy atom. The fourth-order valence-electron chi connectivity index (χ4n) is 4.44. The second-order valence-corrected chi connectivity index (χ2v) is 8.40. The maximum absolute atomic E-state index is 14.5. The molecule has 1 aliphatic rings. The average molecular weight is 444 g/mol. The number of fused-ring (bicyclic) bond motifs is 1. The van der Waals surface area contributed by atoms with Gasteiger partial charge in [0.15, 0.2) is 5.82 Å². The van der Waals surface area contributed by atoms with E-state index in [1.54, 1.807) is 10.7 Å². The number of rotatable bonds is 4. The van der Waals surface area contributed by atoms with E-state index in [9.17, 15) is 4.39 Å². The molecule has 1 saturated heterocycles. The van der Waals surface area contributed by atoms with Crippen molar-refractivity contribution in [2.75, 3.05) is 25.0 Å². The summed E-state index contributed by atoms with van der Waals surface area (Å²) in [6.45, 7) is 1.75. The number of nitrogens with zero attached hydrogens (tertiary/aromatic N) is 6. The van der Waals surface area contributed by atoms with Crippen molar-refractivity contribution in [2.45, 2.75) is 18.9 Å². The van der Waals surface area contributed by atoms with E-state index >= 15 is 0 Å². The maximum Gasteiger partial charge on any atom is 0.151 e. The molecule has 2 aromatic heterocycles. The lowest BCUT2D eigenvalue weighted by atomic mass is 9.97. The third kappa shape index (κ3) is 4.03. The highest BCUT2D eigenvalue weighted by molar-refractivity contribution is 5.88. The largest absolute Gasteiger partial charge is 0.355 e. The summed E-state index contributed by atoms with van der Waals surface area (Å²) in [5.41, 5.74) is 3.90. The summed E-state index contributed by atoms with van der Waals surface area (Å²) in [4.78, 5) is 2.22. The van der Waals surface area contributed by atoms with Crippen molar-refractivity contribution in [1.29, 1.82) is 5.26 Å². The van der Waals surface area contributed by atoms with Crippen molar-refractivity contribution in [1.82, 2.24) is 25.3 Å². The molecule has 33 heavy (non-hydrogen) atoms. The number of aromatic nitrogens is 4. The molecule has 4 aromatic rings. The van der Waals surface area contributed by atoms with Crippen LogP contribution in [-0.4, -0.2) is 46.2 Å². The van der Waals surface area contributed by atoms with E-state index in [4.69, 9.17) is 5.26 Å². The summed E-state index contributed by atoms with van der Waals surface area (Å²) >= 11 is 0. The molecule has 0 atom stereocenters. The average Bonchev–Trinajstić information content (AvgIpc) is 3.23. The summed E-state index contributed by atoms with van der Waals surface area (Å²) in [7, 11) is 3.88. The van der Waals surface area contributed by atoms with Crippen LogP contribution in [0.1, 0.15) is 19.8 Å². The zero-order valence-corrected chi connectivity index (χ0v) is 18.6. The molecule has 0 amide bonds. The minimum Gasteiger partial charge on any atom is -0.355 e. The lowest BCUT2D eigenvalue weighted by molar-refractivity contribution is 0.440. The molecule has 1 aliphatic heterocycles. The summed E-state index contributed by atoms with van der Waals surface area (Å²) in [6.07, 6.45) is 4.00. The fraction of sp³-hybridized carbons (Fsp3) is 0.280. The van der Waals surface area contributed by atoms with Crippen LogP contribution in [0.4, 0.5) is 10.2 Å². The van der Waals surface area contributed by atoms with Crippen LogP contribution in [0.15, 0.2) is 48.7 Å². The number of nitriles is 1. The number of piperidine rings is 1. The molecule has 0 radical (unpaired) electrons. The Morgan fingerprint density at radius 3 is 2.61 bits per heavy atom.